The number of aromatic nitrogens is 1. The van der Waals surface area contributed by atoms with Crippen molar-refractivity contribution in [1.29, 1.82) is 0 Å². The molecule has 1 amide bonds. The van der Waals surface area contributed by atoms with Gasteiger partial charge < -0.3 is 19.5 Å². The number of rotatable bonds is 6. The van der Waals surface area contributed by atoms with E-state index in [2.05, 4.69) is 4.98 Å². The van der Waals surface area contributed by atoms with Crippen LogP contribution in [0.1, 0.15) is 44.0 Å². The Morgan fingerprint density at radius 1 is 1.23 bits per heavy atom. The molecule has 0 bridgehead atoms. The number of benzene rings is 1. The maximum atomic E-state index is 14.2. The Bertz CT molecular complexity index is 949. The number of hydrogen-bond donors (Lipinski definition) is 1. The third-order valence-electron chi connectivity index (χ3n) is 4.97. The number of hydrogen-bond acceptors (Lipinski definition) is 5. The van der Waals surface area contributed by atoms with Gasteiger partial charge in [-0.1, -0.05) is 12.1 Å². The van der Waals surface area contributed by atoms with Crippen LogP contribution in [0.15, 0.2) is 36.5 Å². The minimum absolute atomic E-state index is 0.111. The smallest absolute Gasteiger partial charge is 0.410 e. The van der Waals surface area contributed by atoms with Gasteiger partial charge in [0.25, 0.3) is 0 Å². The zero-order valence-corrected chi connectivity index (χ0v) is 17.4. The summed E-state index contributed by atoms with van der Waals surface area (Å²) < 4.78 is 25.5. The quantitative estimate of drug-likeness (QED) is 0.704. The largest absolute Gasteiger partial charge is 0.489 e. The first-order chi connectivity index (χ1) is 14.0. The maximum Gasteiger partial charge on any atom is 0.410 e. The molecule has 1 aliphatic rings. The van der Waals surface area contributed by atoms with Gasteiger partial charge in [0.2, 0.25) is 5.95 Å². The van der Waals surface area contributed by atoms with Crippen LogP contribution < -0.4 is 4.74 Å². The van der Waals surface area contributed by atoms with Crippen LogP contribution in [0, 0.1) is 5.95 Å². The number of aromatic carboxylic acids is 1. The van der Waals surface area contributed by atoms with Crippen LogP contribution >= 0.6 is 0 Å². The number of carboxylic acids is 1. The third kappa shape index (κ3) is 4.87. The van der Waals surface area contributed by atoms with Crippen LogP contribution in [0.3, 0.4) is 0 Å². The van der Waals surface area contributed by atoms with Gasteiger partial charge in [-0.25, -0.2) is 14.6 Å². The molecule has 1 heterocycles. The number of carbonyl (C=O) groups excluding carboxylic acids is 1. The van der Waals surface area contributed by atoms with E-state index in [1.165, 1.54) is 36.5 Å². The lowest BCUT2D eigenvalue weighted by Crippen LogP contribution is -2.45. The number of likely N-dealkylation sites (N-methyl/N-ethyl adjacent to an activating group) is 1. The Balaban J connectivity index is 1.71. The highest BCUT2D eigenvalue weighted by atomic mass is 19.1. The Labute approximate surface area is 174 Å². The number of ether oxygens (including phenoxy) is 2. The second kappa shape index (κ2) is 7.93. The number of halogens is 1. The molecular weight excluding hydrogens is 391 g/mol. The Hall–Kier alpha value is -3.16. The van der Waals surface area contributed by atoms with Gasteiger partial charge in [0.1, 0.15) is 18.0 Å². The van der Waals surface area contributed by atoms with E-state index in [-0.39, 0.29) is 17.7 Å². The topological polar surface area (TPSA) is 89.0 Å². The summed E-state index contributed by atoms with van der Waals surface area (Å²) in [5.74, 6) is -1.38. The first-order valence-corrected chi connectivity index (χ1v) is 9.60. The van der Waals surface area contributed by atoms with Gasteiger partial charge in [-0.05, 0) is 57.4 Å². The minimum atomic E-state index is -1.05. The second-order valence-corrected chi connectivity index (χ2v) is 8.44. The summed E-state index contributed by atoms with van der Waals surface area (Å²) in [6, 6.07) is 7.36. The fourth-order valence-corrected chi connectivity index (χ4v) is 2.97. The molecule has 0 saturated heterocycles. The van der Waals surface area contributed by atoms with Crippen LogP contribution in [-0.4, -0.2) is 51.8 Å². The zero-order chi connectivity index (χ0) is 22.1. The summed E-state index contributed by atoms with van der Waals surface area (Å²) in [4.78, 5) is 28.7. The van der Waals surface area contributed by atoms with Crippen molar-refractivity contribution in [3.05, 3.63) is 48.0 Å². The van der Waals surface area contributed by atoms with Crippen molar-refractivity contribution in [3.8, 4) is 16.9 Å². The SMILES string of the molecule is CN(C(=O)OC(C)(C)C)C1(COc2cnc(F)c(-c3ccc(C(=O)O)cc3)c2)CC1. The molecule has 0 unspecified atom stereocenters. The first kappa shape index (κ1) is 21.5. The van der Waals surface area contributed by atoms with Gasteiger partial charge in [-0.3, -0.25) is 0 Å². The van der Waals surface area contributed by atoms with Crippen molar-refractivity contribution < 1.29 is 28.6 Å². The van der Waals surface area contributed by atoms with Crippen molar-refractivity contribution in [1.82, 2.24) is 9.88 Å². The molecule has 1 aromatic heterocycles. The number of amides is 1. The van der Waals surface area contributed by atoms with Gasteiger partial charge >= 0.3 is 12.1 Å². The van der Waals surface area contributed by atoms with Crippen molar-refractivity contribution in [2.24, 2.45) is 0 Å². The highest BCUT2D eigenvalue weighted by Gasteiger charge is 2.50. The summed E-state index contributed by atoms with van der Waals surface area (Å²) in [6.45, 7) is 5.66. The predicted octanol–water partition coefficient (Wildman–Crippen LogP) is 4.36. The highest BCUT2D eigenvalue weighted by Crippen LogP contribution is 2.42. The second-order valence-electron chi connectivity index (χ2n) is 8.44. The van der Waals surface area contributed by atoms with E-state index in [0.717, 1.165) is 12.8 Å². The van der Waals surface area contributed by atoms with Gasteiger partial charge in [0.15, 0.2) is 0 Å². The average Bonchev–Trinajstić information content (AvgIpc) is 3.46. The van der Waals surface area contributed by atoms with E-state index >= 15 is 0 Å². The maximum absolute atomic E-state index is 14.2. The van der Waals surface area contributed by atoms with E-state index in [0.29, 0.717) is 11.3 Å². The number of pyridine rings is 1. The molecule has 1 saturated carbocycles. The first-order valence-electron chi connectivity index (χ1n) is 9.60. The zero-order valence-electron chi connectivity index (χ0n) is 17.4. The molecular formula is C22H25FN2O5. The molecule has 0 spiro atoms. The molecule has 7 nitrogen and oxygen atoms in total. The molecule has 1 fully saturated rings. The van der Waals surface area contributed by atoms with E-state index in [9.17, 15) is 14.0 Å². The van der Waals surface area contributed by atoms with Gasteiger partial charge in [0.05, 0.1) is 17.3 Å². The monoisotopic (exact) mass is 416 g/mol. The summed E-state index contributed by atoms with van der Waals surface area (Å²) in [7, 11) is 1.68. The standard InChI is InChI=1S/C22H25FN2O5/c1-21(2,3)30-20(28)25(4)22(9-10-22)13-29-16-11-17(18(23)24-12-16)14-5-7-15(8-6-14)19(26)27/h5-8,11-12H,9-10,13H2,1-4H3,(H,26,27). The molecule has 30 heavy (non-hydrogen) atoms. The van der Waals surface area contributed by atoms with Crippen molar-refractivity contribution >= 4 is 12.1 Å². The molecule has 1 aliphatic carbocycles. The number of carbonyl (C=O) groups is 2. The molecule has 0 atom stereocenters. The minimum Gasteiger partial charge on any atom is -0.489 e. The van der Waals surface area contributed by atoms with Crippen LogP contribution in [0.25, 0.3) is 11.1 Å². The normalized spacial score (nSPS) is 14.7. The molecule has 3 rings (SSSR count). The highest BCUT2D eigenvalue weighted by molar-refractivity contribution is 5.88. The van der Waals surface area contributed by atoms with Crippen molar-refractivity contribution in [3.63, 3.8) is 0 Å². The van der Waals surface area contributed by atoms with Crippen LogP contribution in [-0.2, 0) is 4.74 Å². The molecule has 0 aliphatic heterocycles. The fraction of sp³-hybridized carbons (Fsp3) is 0.409. The van der Waals surface area contributed by atoms with Crippen LogP contribution in [0.4, 0.5) is 9.18 Å². The summed E-state index contributed by atoms with van der Waals surface area (Å²) in [5.41, 5.74) is -0.244. The van der Waals surface area contributed by atoms with Gasteiger partial charge in [-0.2, -0.15) is 4.39 Å². The Kier molecular flexibility index (Phi) is 5.70. The van der Waals surface area contributed by atoms with E-state index < -0.39 is 29.2 Å². The lowest BCUT2D eigenvalue weighted by Gasteiger charge is -2.30. The average molecular weight is 416 g/mol. The molecule has 1 aromatic carbocycles. The summed E-state index contributed by atoms with van der Waals surface area (Å²) in [6.07, 6.45) is 2.43. The van der Waals surface area contributed by atoms with Crippen LogP contribution in [0.2, 0.25) is 0 Å². The lowest BCUT2D eigenvalue weighted by molar-refractivity contribution is 0.0139. The van der Waals surface area contributed by atoms with E-state index in [1.807, 2.05) is 20.8 Å². The molecule has 2 aromatic rings. The van der Waals surface area contributed by atoms with E-state index in [4.69, 9.17) is 14.6 Å². The summed E-state index contributed by atoms with van der Waals surface area (Å²) >= 11 is 0. The third-order valence-corrected chi connectivity index (χ3v) is 4.97. The summed E-state index contributed by atoms with van der Waals surface area (Å²) in [5, 5.41) is 9.00. The van der Waals surface area contributed by atoms with Crippen molar-refractivity contribution in [2.45, 2.75) is 44.8 Å². The van der Waals surface area contributed by atoms with Gasteiger partial charge in [0, 0.05) is 12.6 Å². The fourth-order valence-electron chi connectivity index (χ4n) is 2.97. The van der Waals surface area contributed by atoms with E-state index in [1.54, 1.807) is 11.9 Å². The molecule has 160 valence electrons. The Morgan fingerprint density at radius 2 is 1.87 bits per heavy atom. The molecule has 0 radical (unpaired) electrons. The van der Waals surface area contributed by atoms with Gasteiger partial charge in [-0.15, -0.1) is 0 Å². The number of nitrogens with zero attached hydrogens (tertiary/aromatic N) is 2. The lowest BCUT2D eigenvalue weighted by atomic mass is 10.1. The molecule has 8 heteroatoms. The van der Waals surface area contributed by atoms with Crippen molar-refractivity contribution in [2.75, 3.05) is 13.7 Å². The number of carboxylic acid groups (broad SMARTS) is 1. The van der Waals surface area contributed by atoms with Crippen LogP contribution in [0.5, 0.6) is 5.75 Å². The molecule has 1 N–H and O–H groups in total. The predicted molar refractivity (Wildman–Crippen MR) is 108 cm³/mol. The Morgan fingerprint density at radius 3 is 2.40 bits per heavy atom.